The summed E-state index contributed by atoms with van der Waals surface area (Å²) >= 11 is 0. The standard InChI is InChI=1S/C8H11N5O3/c14-5(15)4-8(2-1-3-8)9-7(16)6-10-12-13-11-6/h1-4H2,(H,9,16)(H,14,15)(H,10,11,12,13). The van der Waals surface area contributed by atoms with Crippen molar-refractivity contribution in [3.63, 3.8) is 0 Å². The molecule has 1 aromatic rings. The highest BCUT2D eigenvalue weighted by atomic mass is 16.4. The van der Waals surface area contributed by atoms with Gasteiger partial charge in [0.2, 0.25) is 0 Å². The molecule has 1 amide bonds. The number of aromatic nitrogens is 4. The first kappa shape index (κ1) is 10.5. The molecule has 1 fully saturated rings. The minimum atomic E-state index is -0.923. The van der Waals surface area contributed by atoms with Crippen LogP contribution in [0.25, 0.3) is 0 Å². The summed E-state index contributed by atoms with van der Waals surface area (Å²) in [6.45, 7) is 0. The van der Waals surface area contributed by atoms with Gasteiger partial charge in [-0.2, -0.15) is 5.21 Å². The summed E-state index contributed by atoms with van der Waals surface area (Å²) in [5, 5.41) is 23.9. The van der Waals surface area contributed by atoms with E-state index in [9.17, 15) is 9.59 Å². The van der Waals surface area contributed by atoms with Gasteiger partial charge in [-0.05, 0) is 24.5 Å². The molecule has 1 aliphatic carbocycles. The lowest BCUT2D eigenvalue weighted by atomic mass is 9.74. The largest absolute Gasteiger partial charge is 0.481 e. The SMILES string of the molecule is O=C(O)CC1(NC(=O)c2nn[nH]n2)CCC1. The molecular formula is C8H11N5O3. The van der Waals surface area contributed by atoms with Gasteiger partial charge >= 0.3 is 5.97 Å². The second kappa shape index (κ2) is 3.87. The molecule has 86 valence electrons. The number of hydrogen-bond acceptors (Lipinski definition) is 5. The Bertz CT molecular complexity index is 398. The Kier molecular flexibility index (Phi) is 2.55. The maximum atomic E-state index is 11.6. The van der Waals surface area contributed by atoms with E-state index in [0.29, 0.717) is 12.8 Å². The van der Waals surface area contributed by atoms with Crippen molar-refractivity contribution in [3.05, 3.63) is 5.82 Å². The Morgan fingerprint density at radius 1 is 1.50 bits per heavy atom. The number of amides is 1. The predicted molar refractivity (Wildman–Crippen MR) is 50.5 cm³/mol. The third kappa shape index (κ3) is 2.00. The minimum Gasteiger partial charge on any atom is -0.481 e. The number of hydrogen-bond donors (Lipinski definition) is 3. The second-order valence-electron chi connectivity index (χ2n) is 3.89. The Morgan fingerprint density at radius 3 is 2.69 bits per heavy atom. The summed E-state index contributed by atoms with van der Waals surface area (Å²) in [6, 6.07) is 0. The lowest BCUT2D eigenvalue weighted by Gasteiger charge is -2.41. The molecule has 0 spiro atoms. The molecule has 8 nitrogen and oxygen atoms in total. The molecule has 0 aliphatic heterocycles. The molecular weight excluding hydrogens is 214 g/mol. The van der Waals surface area contributed by atoms with Gasteiger partial charge in [-0.3, -0.25) is 9.59 Å². The van der Waals surface area contributed by atoms with Crippen molar-refractivity contribution in [2.45, 2.75) is 31.2 Å². The maximum absolute atomic E-state index is 11.6. The maximum Gasteiger partial charge on any atom is 0.305 e. The third-order valence-electron chi connectivity index (χ3n) is 2.73. The molecule has 0 unspecified atom stereocenters. The number of carbonyl (C=O) groups is 2. The van der Waals surface area contributed by atoms with Gasteiger partial charge < -0.3 is 10.4 Å². The Morgan fingerprint density at radius 2 is 2.25 bits per heavy atom. The highest BCUT2D eigenvalue weighted by Gasteiger charge is 2.41. The molecule has 1 saturated carbocycles. The first-order valence-electron chi connectivity index (χ1n) is 4.89. The van der Waals surface area contributed by atoms with Gasteiger partial charge in [0, 0.05) is 0 Å². The lowest BCUT2D eigenvalue weighted by Crippen LogP contribution is -2.54. The molecule has 1 aliphatic rings. The van der Waals surface area contributed by atoms with Crippen molar-refractivity contribution in [3.8, 4) is 0 Å². The fourth-order valence-electron chi connectivity index (χ4n) is 1.79. The van der Waals surface area contributed by atoms with Gasteiger partial charge in [-0.15, -0.1) is 10.2 Å². The molecule has 0 radical (unpaired) electrons. The van der Waals surface area contributed by atoms with E-state index < -0.39 is 17.4 Å². The van der Waals surface area contributed by atoms with Gasteiger partial charge in [0.05, 0.1) is 12.0 Å². The fourth-order valence-corrected chi connectivity index (χ4v) is 1.79. The molecule has 1 aromatic heterocycles. The highest BCUT2D eigenvalue weighted by molar-refractivity contribution is 5.91. The third-order valence-corrected chi connectivity index (χ3v) is 2.73. The van der Waals surface area contributed by atoms with E-state index in [1.807, 2.05) is 0 Å². The molecule has 0 saturated heterocycles. The van der Waals surface area contributed by atoms with E-state index in [4.69, 9.17) is 5.11 Å². The first-order chi connectivity index (χ1) is 7.61. The zero-order chi connectivity index (χ0) is 11.6. The normalized spacial score (nSPS) is 17.5. The number of H-pyrrole nitrogens is 1. The summed E-state index contributed by atoms with van der Waals surface area (Å²) in [5.74, 6) is -1.49. The van der Waals surface area contributed by atoms with Crippen LogP contribution in [0.5, 0.6) is 0 Å². The number of nitrogens with one attached hydrogen (secondary N) is 2. The van der Waals surface area contributed by atoms with Gasteiger partial charge in [0.1, 0.15) is 0 Å². The monoisotopic (exact) mass is 225 g/mol. The van der Waals surface area contributed by atoms with E-state index in [2.05, 4.69) is 25.9 Å². The fraction of sp³-hybridized carbons (Fsp3) is 0.625. The van der Waals surface area contributed by atoms with Crippen LogP contribution in [0.2, 0.25) is 0 Å². The van der Waals surface area contributed by atoms with Gasteiger partial charge in [-0.1, -0.05) is 0 Å². The molecule has 3 N–H and O–H groups in total. The number of tetrazole rings is 1. The average molecular weight is 225 g/mol. The lowest BCUT2D eigenvalue weighted by molar-refractivity contribution is -0.139. The molecule has 2 rings (SSSR count). The van der Waals surface area contributed by atoms with Crippen LogP contribution in [-0.4, -0.2) is 43.1 Å². The topological polar surface area (TPSA) is 121 Å². The first-order valence-corrected chi connectivity index (χ1v) is 4.89. The van der Waals surface area contributed by atoms with Crippen molar-refractivity contribution in [2.75, 3.05) is 0 Å². The van der Waals surface area contributed by atoms with E-state index >= 15 is 0 Å². The van der Waals surface area contributed by atoms with Gasteiger partial charge in [-0.25, -0.2) is 0 Å². The predicted octanol–water partition coefficient (Wildman–Crippen LogP) is -0.673. The Labute approximate surface area is 90.4 Å². The number of rotatable bonds is 4. The number of carboxylic acids is 1. The molecule has 8 heteroatoms. The van der Waals surface area contributed by atoms with Crippen LogP contribution in [-0.2, 0) is 4.79 Å². The number of carboxylic acid groups (broad SMARTS) is 1. The number of carbonyl (C=O) groups excluding carboxylic acids is 1. The molecule has 1 heterocycles. The van der Waals surface area contributed by atoms with E-state index in [1.54, 1.807) is 0 Å². The van der Waals surface area contributed by atoms with Crippen molar-refractivity contribution < 1.29 is 14.7 Å². The summed E-state index contributed by atoms with van der Waals surface area (Å²) in [7, 11) is 0. The number of nitrogens with zero attached hydrogens (tertiary/aromatic N) is 3. The minimum absolute atomic E-state index is 0.0725. The van der Waals surface area contributed by atoms with Crippen LogP contribution in [0, 0.1) is 0 Å². The van der Waals surface area contributed by atoms with Crippen molar-refractivity contribution >= 4 is 11.9 Å². The van der Waals surface area contributed by atoms with Crippen molar-refractivity contribution in [2.24, 2.45) is 0 Å². The summed E-state index contributed by atoms with van der Waals surface area (Å²) in [4.78, 5) is 22.3. The molecule has 16 heavy (non-hydrogen) atoms. The zero-order valence-electron chi connectivity index (χ0n) is 8.43. The zero-order valence-corrected chi connectivity index (χ0v) is 8.43. The van der Waals surface area contributed by atoms with Crippen molar-refractivity contribution in [1.82, 2.24) is 25.9 Å². The van der Waals surface area contributed by atoms with Gasteiger partial charge in [0.25, 0.3) is 11.7 Å². The quantitative estimate of drug-likeness (QED) is 0.624. The Balaban J connectivity index is 2.02. The van der Waals surface area contributed by atoms with Crippen LogP contribution in [0.15, 0.2) is 0 Å². The van der Waals surface area contributed by atoms with Crippen LogP contribution >= 0.6 is 0 Å². The van der Waals surface area contributed by atoms with Gasteiger partial charge in [0.15, 0.2) is 0 Å². The second-order valence-corrected chi connectivity index (χ2v) is 3.89. The van der Waals surface area contributed by atoms with Crippen LogP contribution in [0.4, 0.5) is 0 Å². The smallest absolute Gasteiger partial charge is 0.305 e. The van der Waals surface area contributed by atoms with Crippen LogP contribution in [0.3, 0.4) is 0 Å². The molecule has 0 aromatic carbocycles. The highest BCUT2D eigenvalue weighted by Crippen LogP contribution is 2.34. The Hall–Kier alpha value is -1.99. The van der Waals surface area contributed by atoms with E-state index in [0.717, 1.165) is 6.42 Å². The van der Waals surface area contributed by atoms with Crippen LogP contribution in [0.1, 0.15) is 36.3 Å². The summed E-state index contributed by atoms with van der Waals surface area (Å²) in [6.07, 6.45) is 2.18. The van der Waals surface area contributed by atoms with Crippen LogP contribution < -0.4 is 5.32 Å². The summed E-state index contributed by atoms with van der Waals surface area (Å²) in [5.41, 5.74) is -0.635. The van der Waals surface area contributed by atoms with E-state index in [-0.39, 0.29) is 12.2 Å². The molecule has 0 bridgehead atoms. The van der Waals surface area contributed by atoms with E-state index in [1.165, 1.54) is 0 Å². The average Bonchev–Trinajstić information content (AvgIpc) is 2.66. The molecule has 0 atom stereocenters. The number of aromatic amines is 1. The number of aliphatic carboxylic acids is 1. The van der Waals surface area contributed by atoms with Crippen molar-refractivity contribution in [1.29, 1.82) is 0 Å². The summed E-state index contributed by atoms with van der Waals surface area (Å²) < 4.78 is 0.